The second-order valence-corrected chi connectivity index (χ2v) is 11.0. The lowest BCUT2D eigenvalue weighted by molar-refractivity contribution is -0.207. The van der Waals surface area contributed by atoms with Gasteiger partial charge in [0.15, 0.2) is 29.3 Å². The molecular formula is C34H27NO9S. The van der Waals surface area contributed by atoms with Crippen molar-refractivity contribution < 1.29 is 42.9 Å². The first kappa shape index (κ1) is 30.1. The second-order valence-electron chi connectivity index (χ2n) is 10.00. The smallest absolute Gasteiger partial charge is 0.338 e. The van der Waals surface area contributed by atoms with Crippen molar-refractivity contribution in [2.24, 2.45) is 0 Å². The molecule has 0 unspecified atom stereocenters. The van der Waals surface area contributed by atoms with Gasteiger partial charge in [-0.15, -0.1) is 0 Å². The maximum Gasteiger partial charge on any atom is 0.338 e. The predicted octanol–water partition coefficient (Wildman–Crippen LogP) is 5.31. The number of nitrogens with zero attached hydrogens (tertiary/aromatic N) is 1. The number of carbonyl (C=O) groups excluding carboxylic acids is 3. The molecule has 45 heavy (non-hydrogen) atoms. The van der Waals surface area contributed by atoms with Crippen LogP contribution in [0.3, 0.4) is 0 Å². The van der Waals surface area contributed by atoms with Crippen LogP contribution in [0.5, 0.6) is 0 Å². The van der Waals surface area contributed by atoms with Gasteiger partial charge in [0.1, 0.15) is 11.6 Å². The minimum Gasteiger partial charge on any atom is -0.452 e. The van der Waals surface area contributed by atoms with Gasteiger partial charge in [-0.3, -0.25) is 0 Å². The van der Waals surface area contributed by atoms with Crippen LogP contribution < -0.4 is 0 Å². The van der Waals surface area contributed by atoms with Crippen molar-refractivity contribution in [3.63, 3.8) is 0 Å². The van der Waals surface area contributed by atoms with E-state index in [9.17, 15) is 19.5 Å². The molecule has 0 radical (unpaired) electrons. The van der Waals surface area contributed by atoms with Gasteiger partial charge in [0.05, 0.1) is 23.3 Å². The molecule has 0 amide bonds. The van der Waals surface area contributed by atoms with E-state index in [0.717, 1.165) is 11.8 Å². The van der Waals surface area contributed by atoms with Gasteiger partial charge in [-0.2, -0.15) is 0 Å². The number of fused-ring (bicyclic) bond motifs is 1. The molecule has 4 aromatic carbocycles. The Balaban J connectivity index is 1.39. The van der Waals surface area contributed by atoms with Gasteiger partial charge in [0, 0.05) is 0 Å². The number of para-hydroxylation sites is 2. The van der Waals surface area contributed by atoms with Crippen LogP contribution in [0, 0.1) is 0 Å². The molecule has 1 saturated heterocycles. The van der Waals surface area contributed by atoms with E-state index >= 15 is 0 Å². The zero-order valence-electron chi connectivity index (χ0n) is 23.6. The lowest BCUT2D eigenvalue weighted by Gasteiger charge is -2.43. The Kier molecular flexibility index (Phi) is 9.20. The summed E-state index contributed by atoms with van der Waals surface area (Å²) in [5.74, 6) is -2.24. The fourth-order valence-electron chi connectivity index (χ4n) is 4.82. The number of aromatic nitrogens is 1. The topological polar surface area (TPSA) is 134 Å². The van der Waals surface area contributed by atoms with Crippen molar-refractivity contribution in [1.29, 1.82) is 0 Å². The highest BCUT2D eigenvalue weighted by atomic mass is 32.2. The summed E-state index contributed by atoms with van der Waals surface area (Å²) in [5, 5.41) is 10.6. The van der Waals surface area contributed by atoms with E-state index in [1.807, 2.05) is 6.07 Å². The average Bonchev–Trinajstić information content (AvgIpc) is 3.50. The summed E-state index contributed by atoms with van der Waals surface area (Å²) >= 11 is 0.979. The highest BCUT2D eigenvalue weighted by Crippen LogP contribution is 2.38. The molecule has 228 valence electrons. The number of oxazole rings is 1. The number of thioether (sulfide) groups is 1. The molecule has 6 rings (SSSR count). The number of carbonyl (C=O) groups is 3. The van der Waals surface area contributed by atoms with Crippen LogP contribution in [0.25, 0.3) is 11.1 Å². The van der Waals surface area contributed by atoms with E-state index in [4.69, 9.17) is 23.4 Å². The zero-order valence-corrected chi connectivity index (χ0v) is 24.4. The third-order valence-electron chi connectivity index (χ3n) is 7.02. The van der Waals surface area contributed by atoms with Crippen LogP contribution in [0.15, 0.2) is 125 Å². The number of esters is 3. The minimum atomic E-state index is -1.41. The van der Waals surface area contributed by atoms with Gasteiger partial charge in [-0.25, -0.2) is 19.4 Å². The molecule has 1 aromatic heterocycles. The van der Waals surface area contributed by atoms with Crippen molar-refractivity contribution in [2.45, 2.75) is 35.1 Å². The number of aliphatic hydroxyl groups excluding tert-OH is 1. The molecule has 5 atom stereocenters. The summed E-state index contributed by atoms with van der Waals surface area (Å²) in [7, 11) is 0. The van der Waals surface area contributed by atoms with Gasteiger partial charge >= 0.3 is 17.9 Å². The standard InChI is InChI=1S/C34H27NO9S/c36-20-26-27(42-30(37)21-12-4-1-5-13-21)28(43-31(38)22-14-6-2-7-15-22)29(44-32(39)23-16-8-3-9-17-23)33(40-26)45-34-35-24-18-10-11-19-25(24)41-34/h1-19,26-29,33,36H,20H2/t26-,27-,28+,29-,33+/m1/s1. The number of benzene rings is 4. The van der Waals surface area contributed by atoms with Crippen molar-refractivity contribution in [3.05, 3.63) is 132 Å². The summed E-state index contributed by atoms with van der Waals surface area (Å²) in [6.45, 7) is -0.615. The Bertz CT molecular complexity index is 1730. The Morgan fingerprint density at radius 2 is 1.11 bits per heavy atom. The molecule has 2 heterocycles. The molecule has 0 aliphatic carbocycles. The van der Waals surface area contributed by atoms with Crippen molar-refractivity contribution in [1.82, 2.24) is 4.98 Å². The van der Waals surface area contributed by atoms with Gasteiger partial charge in [0.25, 0.3) is 5.22 Å². The third-order valence-corrected chi connectivity index (χ3v) is 8.01. The lowest BCUT2D eigenvalue weighted by atomic mass is 9.98. The van der Waals surface area contributed by atoms with Crippen LogP contribution in [-0.4, -0.2) is 64.5 Å². The molecule has 5 aromatic rings. The average molecular weight is 626 g/mol. The molecule has 1 aliphatic heterocycles. The number of aliphatic hydroxyl groups is 1. The number of rotatable bonds is 9. The highest BCUT2D eigenvalue weighted by Gasteiger charge is 2.53. The van der Waals surface area contributed by atoms with Crippen LogP contribution in [0.1, 0.15) is 31.1 Å². The van der Waals surface area contributed by atoms with E-state index in [0.29, 0.717) is 11.1 Å². The molecule has 0 spiro atoms. The maximum absolute atomic E-state index is 13.4. The Labute approximate surface area is 261 Å². The van der Waals surface area contributed by atoms with E-state index in [1.54, 1.807) is 109 Å². The summed E-state index contributed by atoms with van der Waals surface area (Å²) < 4.78 is 29.9. The normalized spacial score (nSPS) is 21.1. The van der Waals surface area contributed by atoms with E-state index < -0.39 is 54.4 Å². The van der Waals surface area contributed by atoms with Crippen LogP contribution in [0.2, 0.25) is 0 Å². The van der Waals surface area contributed by atoms with Crippen LogP contribution in [0.4, 0.5) is 0 Å². The summed E-state index contributed by atoms with van der Waals surface area (Å²) in [6, 6.07) is 31.8. The van der Waals surface area contributed by atoms with Crippen molar-refractivity contribution in [2.75, 3.05) is 6.61 Å². The fraction of sp³-hybridized carbons (Fsp3) is 0.176. The maximum atomic E-state index is 13.4. The molecular weight excluding hydrogens is 598 g/mol. The second kappa shape index (κ2) is 13.8. The van der Waals surface area contributed by atoms with E-state index in [-0.39, 0.29) is 21.9 Å². The largest absolute Gasteiger partial charge is 0.452 e. The SMILES string of the molecule is O=C(O[C@@H]1[C@@H](OC(=O)c2ccccc2)[C@H](Sc2nc3ccccc3o2)O[C@H](CO)[C@H]1OC(=O)c1ccccc1)c1ccccc1. The van der Waals surface area contributed by atoms with Crippen LogP contribution >= 0.6 is 11.8 Å². The third kappa shape index (κ3) is 6.91. The van der Waals surface area contributed by atoms with Crippen molar-refractivity contribution >= 4 is 40.8 Å². The summed E-state index contributed by atoms with van der Waals surface area (Å²) in [5.41, 5.74) is 0.682. The van der Waals surface area contributed by atoms with Crippen molar-refractivity contribution in [3.8, 4) is 0 Å². The number of hydrogen-bond acceptors (Lipinski definition) is 11. The monoisotopic (exact) mass is 625 g/mol. The highest BCUT2D eigenvalue weighted by molar-refractivity contribution is 7.99. The Morgan fingerprint density at radius 3 is 1.62 bits per heavy atom. The summed E-state index contributed by atoms with van der Waals surface area (Å²) in [6.07, 6.45) is -5.31. The van der Waals surface area contributed by atoms with E-state index in [1.165, 1.54) is 0 Å². The molecule has 0 bridgehead atoms. The van der Waals surface area contributed by atoms with E-state index in [2.05, 4.69) is 4.98 Å². The molecule has 0 saturated carbocycles. The first-order valence-electron chi connectivity index (χ1n) is 14.1. The molecule has 10 nitrogen and oxygen atoms in total. The Hall–Kier alpha value is -4.97. The first-order valence-corrected chi connectivity index (χ1v) is 14.9. The minimum absolute atomic E-state index is 0.187. The van der Waals surface area contributed by atoms with Gasteiger partial charge in [-0.05, 0) is 60.3 Å². The fourth-order valence-corrected chi connectivity index (χ4v) is 5.85. The Morgan fingerprint density at radius 1 is 0.644 bits per heavy atom. The summed E-state index contributed by atoms with van der Waals surface area (Å²) in [4.78, 5) is 44.6. The van der Waals surface area contributed by atoms with Crippen LogP contribution in [-0.2, 0) is 18.9 Å². The predicted molar refractivity (Wildman–Crippen MR) is 163 cm³/mol. The van der Waals surface area contributed by atoms with Gasteiger partial charge in [-0.1, -0.05) is 66.7 Å². The first-order chi connectivity index (χ1) is 22.0. The molecule has 1 N–H and O–H groups in total. The van der Waals surface area contributed by atoms with Gasteiger partial charge in [0.2, 0.25) is 0 Å². The zero-order chi connectivity index (χ0) is 31.2. The van der Waals surface area contributed by atoms with Gasteiger partial charge < -0.3 is 28.5 Å². The number of hydrogen-bond donors (Lipinski definition) is 1. The quantitative estimate of drug-likeness (QED) is 0.169. The molecule has 1 fully saturated rings. The number of ether oxygens (including phenoxy) is 4. The lowest BCUT2D eigenvalue weighted by Crippen LogP contribution is -2.61. The molecule has 1 aliphatic rings. The molecule has 11 heteroatoms.